The summed E-state index contributed by atoms with van der Waals surface area (Å²) < 4.78 is 36.5. The molecule has 0 spiro atoms. The van der Waals surface area contributed by atoms with Crippen LogP contribution >= 0.6 is 0 Å². The average molecular weight is 583 g/mol. The molecule has 0 saturated heterocycles. The molecule has 42 heavy (non-hydrogen) atoms. The summed E-state index contributed by atoms with van der Waals surface area (Å²) >= 11 is 0. The number of hydrogen-bond donors (Lipinski definition) is 0. The van der Waals surface area contributed by atoms with E-state index in [0.29, 0.717) is 13.2 Å². The molecule has 2 rings (SSSR count). The number of carbonyl (C=O) groups is 4. The molecule has 1 atom stereocenters. The van der Waals surface area contributed by atoms with Crippen LogP contribution in [0, 0.1) is 0 Å². The first-order valence-corrected chi connectivity index (χ1v) is 12.9. The van der Waals surface area contributed by atoms with Crippen LogP contribution in [0.25, 0.3) is 0 Å². The van der Waals surface area contributed by atoms with Crippen molar-refractivity contribution >= 4 is 23.9 Å². The molecular weight excluding hydrogens is 548 g/mol. The zero-order valence-corrected chi connectivity index (χ0v) is 23.2. The van der Waals surface area contributed by atoms with Crippen LogP contribution in [0.5, 0.6) is 0 Å². The molecule has 0 radical (unpaired) electrons. The molecule has 0 heterocycles. The number of hydrogen-bond acceptors (Lipinski definition) is 11. The number of benzene rings is 2. The zero-order valence-electron chi connectivity index (χ0n) is 23.2. The van der Waals surface area contributed by atoms with E-state index in [1.165, 1.54) is 54.6 Å². The van der Waals surface area contributed by atoms with Crippen LogP contribution in [0.15, 0.2) is 86.5 Å². The first-order chi connectivity index (χ1) is 20.4. The monoisotopic (exact) mass is 582 g/mol. The lowest BCUT2D eigenvalue weighted by Crippen LogP contribution is -2.28. The summed E-state index contributed by atoms with van der Waals surface area (Å²) in [5.41, 5.74) is 0.771. The lowest BCUT2D eigenvalue weighted by Gasteiger charge is -2.18. The third-order valence-corrected chi connectivity index (χ3v) is 5.09. The molecule has 0 amide bonds. The first kappa shape index (κ1) is 33.6. The van der Waals surface area contributed by atoms with Crippen LogP contribution in [-0.2, 0) is 33.2 Å². The number of rotatable bonds is 20. The van der Waals surface area contributed by atoms with Gasteiger partial charge >= 0.3 is 23.9 Å². The fourth-order valence-electron chi connectivity index (χ4n) is 3.08. The van der Waals surface area contributed by atoms with E-state index in [-0.39, 0.29) is 55.3 Å². The second kappa shape index (κ2) is 19.5. The number of carbonyl (C=O) groups excluding carboxylic acids is 4. The Labute approximate surface area is 244 Å². The zero-order chi connectivity index (χ0) is 30.6. The minimum atomic E-state index is -1.24. The van der Waals surface area contributed by atoms with Gasteiger partial charge in [-0.15, -0.1) is 19.7 Å². The van der Waals surface area contributed by atoms with Crippen LogP contribution in [-0.4, -0.2) is 83.0 Å². The Morgan fingerprint density at radius 1 is 0.548 bits per heavy atom. The van der Waals surface area contributed by atoms with Gasteiger partial charge in [-0.2, -0.15) is 0 Å². The Kier molecular flexibility index (Phi) is 15.6. The van der Waals surface area contributed by atoms with E-state index in [9.17, 15) is 19.2 Å². The summed E-state index contributed by atoms with van der Waals surface area (Å²) in [4.78, 5) is 49.4. The Hall–Kier alpha value is -4.58. The maximum atomic E-state index is 12.6. The molecule has 0 aliphatic rings. The predicted octanol–water partition coefficient (Wildman–Crippen LogP) is 3.95. The van der Waals surface area contributed by atoms with Crippen molar-refractivity contribution in [1.82, 2.24) is 0 Å². The highest BCUT2D eigenvalue weighted by molar-refractivity contribution is 5.94. The fourth-order valence-corrected chi connectivity index (χ4v) is 3.08. The molecule has 0 saturated carbocycles. The topological polar surface area (TPSA) is 133 Å². The van der Waals surface area contributed by atoms with Gasteiger partial charge in [-0.3, -0.25) is 0 Å². The third-order valence-electron chi connectivity index (χ3n) is 5.09. The maximum absolute atomic E-state index is 12.6. The van der Waals surface area contributed by atoms with Crippen molar-refractivity contribution in [3.05, 3.63) is 109 Å². The third kappa shape index (κ3) is 12.3. The maximum Gasteiger partial charge on any atom is 0.340 e. The van der Waals surface area contributed by atoms with Gasteiger partial charge in [0.1, 0.15) is 13.2 Å². The van der Waals surface area contributed by atoms with Gasteiger partial charge < -0.3 is 33.2 Å². The van der Waals surface area contributed by atoms with Crippen LogP contribution in [0.2, 0.25) is 0 Å². The molecule has 2 aromatic rings. The van der Waals surface area contributed by atoms with Crippen molar-refractivity contribution in [1.29, 1.82) is 0 Å². The lowest BCUT2D eigenvalue weighted by molar-refractivity contribution is -0.126. The molecule has 0 N–H and O–H groups in total. The van der Waals surface area contributed by atoms with Crippen LogP contribution in [0.1, 0.15) is 41.4 Å². The minimum Gasteiger partial charge on any atom is -0.460 e. The Morgan fingerprint density at radius 3 is 1.33 bits per heavy atom. The van der Waals surface area contributed by atoms with E-state index in [0.717, 1.165) is 0 Å². The second-order valence-corrected chi connectivity index (χ2v) is 8.21. The van der Waals surface area contributed by atoms with Crippen molar-refractivity contribution in [2.45, 2.75) is 6.29 Å². The van der Waals surface area contributed by atoms with Crippen LogP contribution < -0.4 is 0 Å². The van der Waals surface area contributed by atoms with Gasteiger partial charge in [-0.05, 0) is 48.5 Å². The number of ether oxygens (including phenoxy) is 7. The van der Waals surface area contributed by atoms with E-state index >= 15 is 0 Å². The lowest BCUT2D eigenvalue weighted by atomic mass is 10.1. The van der Waals surface area contributed by atoms with Crippen molar-refractivity contribution < 1.29 is 52.3 Å². The average Bonchev–Trinajstić information content (AvgIpc) is 3.01. The highest BCUT2D eigenvalue weighted by Crippen LogP contribution is 2.12. The van der Waals surface area contributed by atoms with Gasteiger partial charge in [0, 0.05) is 0 Å². The summed E-state index contributed by atoms with van der Waals surface area (Å²) in [7, 11) is 0. The highest BCUT2D eigenvalue weighted by atomic mass is 16.7. The quantitative estimate of drug-likeness (QED) is 0.0739. The van der Waals surface area contributed by atoms with Gasteiger partial charge in [0.2, 0.25) is 6.29 Å². The molecule has 0 aromatic heterocycles. The Bertz CT molecular complexity index is 1190. The first-order valence-electron chi connectivity index (χ1n) is 12.9. The molecule has 11 heteroatoms. The van der Waals surface area contributed by atoms with Gasteiger partial charge in [0.15, 0.2) is 6.61 Å². The van der Waals surface area contributed by atoms with Crippen molar-refractivity contribution in [2.24, 2.45) is 0 Å². The molecule has 0 aliphatic heterocycles. The number of esters is 4. The fraction of sp³-hybridized carbons (Fsp3) is 0.290. The second-order valence-electron chi connectivity index (χ2n) is 8.21. The summed E-state index contributed by atoms with van der Waals surface area (Å²) in [6.07, 6.45) is 3.37. The smallest absolute Gasteiger partial charge is 0.340 e. The normalized spacial score (nSPS) is 11.0. The van der Waals surface area contributed by atoms with Crippen molar-refractivity contribution in [2.75, 3.05) is 52.9 Å². The highest BCUT2D eigenvalue weighted by Gasteiger charge is 2.20. The molecule has 1 unspecified atom stereocenters. The molecule has 0 aliphatic carbocycles. The summed E-state index contributed by atoms with van der Waals surface area (Å²) in [5, 5.41) is 0. The largest absolute Gasteiger partial charge is 0.460 e. The van der Waals surface area contributed by atoms with Crippen molar-refractivity contribution in [3.8, 4) is 0 Å². The van der Waals surface area contributed by atoms with Crippen molar-refractivity contribution in [3.63, 3.8) is 0 Å². The van der Waals surface area contributed by atoms with Gasteiger partial charge in [0.25, 0.3) is 0 Å². The molecule has 224 valence electrons. The Morgan fingerprint density at radius 2 is 0.929 bits per heavy atom. The molecule has 0 fully saturated rings. The van der Waals surface area contributed by atoms with Gasteiger partial charge in [-0.25, -0.2) is 19.2 Å². The van der Waals surface area contributed by atoms with Gasteiger partial charge in [0.05, 0.1) is 55.3 Å². The summed E-state index contributed by atoms with van der Waals surface area (Å²) in [6, 6.07) is 11.3. The van der Waals surface area contributed by atoms with E-state index in [4.69, 9.17) is 33.2 Å². The Balaban J connectivity index is 1.87. The van der Waals surface area contributed by atoms with E-state index in [1.807, 2.05) is 0 Å². The molecule has 0 bridgehead atoms. The molecular formula is C31H34O11. The van der Waals surface area contributed by atoms with Gasteiger partial charge in [-0.1, -0.05) is 18.2 Å². The van der Waals surface area contributed by atoms with Crippen LogP contribution in [0.4, 0.5) is 0 Å². The summed E-state index contributed by atoms with van der Waals surface area (Å²) in [6.45, 7) is 11.5. The predicted molar refractivity (Wildman–Crippen MR) is 151 cm³/mol. The van der Waals surface area contributed by atoms with Crippen LogP contribution in [0.3, 0.4) is 0 Å². The molecule has 11 nitrogen and oxygen atoms in total. The van der Waals surface area contributed by atoms with E-state index in [2.05, 4.69) is 19.7 Å². The molecule has 2 aromatic carbocycles. The minimum absolute atomic E-state index is 0.0201. The van der Waals surface area contributed by atoms with E-state index < -0.39 is 36.8 Å². The standard InChI is InChI=1S/C31H34O11/c1-4-15-36-18-20-39-28(32)23-7-9-25(10-8-23)30(34)41-22-27(38-17-6-3)42-31(35)26-13-11-24(12-14-26)29(33)40-21-19-37-16-5-2/h4-14,27H,1-3,15-22H2. The SMILES string of the molecule is C=CCOCCOC(=O)c1ccc(C(=O)OCC(OCC=C)OC(=O)c2ccc(C(=O)OCCOCC=C)cc2)cc1. The summed E-state index contributed by atoms with van der Waals surface area (Å²) in [5.74, 6) is -2.64. The van der Waals surface area contributed by atoms with E-state index in [1.54, 1.807) is 12.2 Å².